The SMILES string of the molecule is CCOc1cc(/C=C2\SC(=Nc3ccc(C)cc3)NC2=O)cc(I)c1OCc1cccc(F)c1. The number of ether oxygens (including phenoxy) is 2. The van der Waals surface area contributed by atoms with E-state index >= 15 is 0 Å². The normalized spacial score (nSPS) is 15.6. The maximum Gasteiger partial charge on any atom is 0.264 e. The molecule has 3 aromatic rings. The van der Waals surface area contributed by atoms with Crippen molar-refractivity contribution in [2.45, 2.75) is 20.5 Å². The number of amidine groups is 1. The molecule has 0 saturated carbocycles. The fourth-order valence-corrected chi connectivity index (χ4v) is 4.85. The number of hydrogen-bond donors (Lipinski definition) is 1. The predicted molar refractivity (Wildman–Crippen MR) is 143 cm³/mol. The van der Waals surface area contributed by atoms with Crippen LogP contribution in [0, 0.1) is 16.3 Å². The van der Waals surface area contributed by atoms with Crippen LogP contribution in [-0.4, -0.2) is 17.7 Å². The van der Waals surface area contributed by atoms with Crippen molar-refractivity contribution in [1.29, 1.82) is 0 Å². The molecule has 1 fully saturated rings. The van der Waals surface area contributed by atoms with E-state index < -0.39 is 0 Å². The number of carbonyl (C=O) groups is 1. The molecule has 0 aromatic heterocycles. The molecule has 0 bridgehead atoms. The standard InChI is InChI=1S/C26H22FIN2O3S/c1-3-32-22-13-18(12-21(28)24(22)33-15-17-5-4-6-19(27)11-17)14-23-25(31)30-26(34-23)29-20-9-7-16(2)8-10-20/h4-14H,3,15H2,1-2H3,(H,29,30,31)/b23-14-. The van der Waals surface area contributed by atoms with E-state index in [1.807, 2.05) is 50.2 Å². The summed E-state index contributed by atoms with van der Waals surface area (Å²) in [4.78, 5) is 17.6. The highest BCUT2D eigenvalue weighted by Crippen LogP contribution is 2.37. The zero-order valence-corrected chi connectivity index (χ0v) is 21.6. The molecule has 1 aliphatic rings. The largest absolute Gasteiger partial charge is 0.490 e. The molecule has 174 valence electrons. The van der Waals surface area contributed by atoms with E-state index in [0.29, 0.717) is 28.2 Å². The van der Waals surface area contributed by atoms with Gasteiger partial charge in [0.25, 0.3) is 5.91 Å². The van der Waals surface area contributed by atoms with Crippen molar-refractivity contribution < 1.29 is 18.7 Å². The van der Waals surface area contributed by atoms with Gasteiger partial charge in [0.1, 0.15) is 12.4 Å². The van der Waals surface area contributed by atoms with Crippen molar-refractivity contribution in [2.75, 3.05) is 6.61 Å². The van der Waals surface area contributed by atoms with Gasteiger partial charge in [-0.05, 0) is 102 Å². The molecule has 1 amide bonds. The van der Waals surface area contributed by atoms with Crippen molar-refractivity contribution in [3.8, 4) is 11.5 Å². The van der Waals surface area contributed by atoms with Crippen LogP contribution in [-0.2, 0) is 11.4 Å². The molecule has 34 heavy (non-hydrogen) atoms. The molecular weight excluding hydrogens is 566 g/mol. The first-order valence-electron chi connectivity index (χ1n) is 10.6. The Hall–Kier alpha value is -2.85. The zero-order chi connectivity index (χ0) is 24.1. The average molecular weight is 588 g/mol. The Morgan fingerprint density at radius 2 is 1.91 bits per heavy atom. The number of rotatable bonds is 7. The third-order valence-corrected chi connectivity index (χ3v) is 6.53. The van der Waals surface area contributed by atoms with Gasteiger partial charge in [0, 0.05) is 0 Å². The lowest BCUT2D eigenvalue weighted by atomic mass is 10.1. The van der Waals surface area contributed by atoms with Crippen LogP contribution >= 0.6 is 34.4 Å². The summed E-state index contributed by atoms with van der Waals surface area (Å²) < 4.78 is 26.1. The molecule has 5 nitrogen and oxygen atoms in total. The fraction of sp³-hybridized carbons (Fsp3) is 0.154. The van der Waals surface area contributed by atoms with E-state index in [1.165, 1.54) is 23.9 Å². The summed E-state index contributed by atoms with van der Waals surface area (Å²) in [5.74, 6) is 0.643. The van der Waals surface area contributed by atoms with Gasteiger partial charge in [0.2, 0.25) is 0 Å². The first-order chi connectivity index (χ1) is 16.4. The Morgan fingerprint density at radius 1 is 1.12 bits per heavy atom. The van der Waals surface area contributed by atoms with E-state index in [2.05, 4.69) is 32.9 Å². The summed E-state index contributed by atoms with van der Waals surface area (Å²) in [6, 6.07) is 17.8. The van der Waals surface area contributed by atoms with Crippen LogP contribution in [0.1, 0.15) is 23.6 Å². The second-order valence-electron chi connectivity index (χ2n) is 7.50. The van der Waals surface area contributed by atoms with Crippen molar-refractivity contribution in [1.82, 2.24) is 5.32 Å². The van der Waals surface area contributed by atoms with Crippen LogP contribution in [0.2, 0.25) is 0 Å². The highest BCUT2D eigenvalue weighted by molar-refractivity contribution is 14.1. The zero-order valence-electron chi connectivity index (χ0n) is 18.6. The summed E-state index contributed by atoms with van der Waals surface area (Å²) in [7, 11) is 0. The van der Waals surface area contributed by atoms with Gasteiger partial charge in [0.05, 0.1) is 20.8 Å². The first kappa shape index (κ1) is 24.3. The summed E-state index contributed by atoms with van der Waals surface area (Å²) in [6.45, 7) is 4.57. The Morgan fingerprint density at radius 3 is 2.65 bits per heavy atom. The van der Waals surface area contributed by atoms with E-state index in [1.54, 1.807) is 18.2 Å². The maximum atomic E-state index is 13.5. The number of carbonyl (C=O) groups excluding carboxylic acids is 1. The monoisotopic (exact) mass is 588 g/mol. The molecule has 3 aromatic carbocycles. The fourth-order valence-electron chi connectivity index (χ4n) is 3.22. The van der Waals surface area contributed by atoms with Gasteiger partial charge in [-0.3, -0.25) is 4.79 Å². The number of halogens is 2. The molecule has 1 heterocycles. The molecule has 1 aliphatic heterocycles. The summed E-state index contributed by atoms with van der Waals surface area (Å²) in [5.41, 5.74) is 3.46. The lowest BCUT2D eigenvalue weighted by Gasteiger charge is -2.15. The minimum absolute atomic E-state index is 0.199. The molecular formula is C26H22FIN2O3S. The van der Waals surface area contributed by atoms with E-state index in [9.17, 15) is 9.18 Å². The van der Waals surface area contributed by atoms with Crippen LogP contribution < -0.4 is 14.8 Å². The molecule has 0 atom stereocenters. The summed E-state index contributed by atoms with van der Waals surface area (Å²) in [5, 5.41) is 3.35. The molecule has 1 N–H and O–H groups in total. The summed E-state index contributed by atoms with van der Waals surface area (Å²) >= 11 is 3.47. The number of amides is 1. The smallest absolute Gasteiger partial charge is 0.264 e. The molecule has 1 saturated heterocycles. The topological polar surface area (TPSA) is 59.9 Å². The van der Waals surface area contributed by atoms with Crippen LogP contribution in [0.25, 0.3) is 6.08 Å². The highest BCUT2D eigenvalue weighted by Gasteiger charge is 2.24. The van der Waals surface area contributed by atoms with E-state index in [-0.39, 0.29) is 18.3 Å². The minimum atomic E-state index is -0.305. The van der Waals surface area contributed by atoms with Crippen molar-refractivity contribution in [3.05, 3.63) is 91.6 Å². The lowest BCUT2D eigenvalue weighted by molar-refractivity contribution is -0.115. The molecule has 0 spiro atoms. The average Bonchev–Trinajstić information content (AvgIpc) is 3.13. The van der Waals surface area contributed by atoms with Gasteiger partial charge in [-0.2, -0.15) is 0 Å². The van der Waals surface area contributed by atoms with Crippen molar-refractivity contribution in [2.24, 2.45) is 4.99 Å². The van der Waals surface area contributed by atoms with Gasteiger partial charge in [-0.15, -0.1) is 0 Å². The van der Waals surface area contributed by atoms with Crippen LogP contribution in [0.3, 0.4) is 0 Å². The van der Waals surface area contributed by atoms with Gasteiger partial charge in [0.15, 0.2) is 16.7 Å². The quantitative estimate of drug-likeness (QED) is 0.250. The Bertz CT molecular complexity index is 1280. The van der Waals surface area contributed by atoms with Crippen molar-refractivity contribution in [3.63, 3.8) is 0 Å². The van der Waals surface area contributed by atoms with Crippen LogP contribution in [0.4, 0.5) is 10.1 Å². The molecule has 0 radical (unpaired) electrons. The van der Waals surface area contributed by atoms with Gasteiger partial charge in [-0.1, -0.05) is 29.8 Å². The number of benzene rings is 3. The summed E-state index contributed by atoms with van der Waals surface area (Å²) in [6.07, 6.45) is 1.80. The number of nitrogens with zero attached hydrogens (tertiary/aromatic N) is 1. The maximum absolute atomic E-state index is 13.5. The number of aliphatic imine (C=N–C) groups is 1. The van der Waals surface area contributed by atoms with E-state index in [0.717, 1.165) is 25.9 Å². The number of nitrogens with one attached hydrogen (secondary N) is 1. The molecule has 4 rings (SSSR count). The van der Waals surface area contributed by atoms with Crippen LogP contribution in [0.15, 0.2) is 70.6 Å². The van der Waals surface area contributed by atoms with Crippen LogP contribution in [0.5, 0.6) is 11.5 Å². The second-order valence-corrected chi connectivity index (χ2v) is 9.69. The van der Waals surface area contributed by atoms with Gasteiger partial charge >= 0.3 is 0 Å². The lowest BCUT2D eigenvalue weighted by Crippen LogP contribution is -2.19. The third-order valence-electron chi connectivity index (χ3n) is 4.82. The number of aryl methyl sites for hydroxylation is 1. The number of hydrogen-bond acceptors (Lipinski definition) is 5. The highest BCUT2D eigenvalue weighted by atomic mass is 127. The van der Waals surface area contributed by atoms with Crippen molar-refractivity contribution >= 4 is 57.2 Å². The van der Waals surface area contributed by atoms with Gasteiger partial charge in [-0.25, -0.2) is 9.38 Å². The second kappa shape index (κ2) is 11.1. The molecule has 0 aliphatic carbocycles. The molecule has 8 heteroatoms. The minimum Gasteiger partial charge on any atom is -0.490 e. The Labute approximate surface area is 215 Å². The third kappa shape index (κ3) is 6.18. The first-order valence-corrected chi connectivity index (χ1v) is 12.5. The van der Waals surface area contributed by atoms with E-state index in [4.69, 9.17) is 9.47 Å². The number of thioether (sulfide) groups is 1. The predicted octanol–water partition coefficient (Wildman–Crippen LogP) is 6.61. The Balaban J connectivity index is 1.55. The van der Waals surface area contributed by atoms with Gasteiger partial charge < -0.3 is 14.8 Å². The Kier molecular flexibility index (Phi) is 7.89. The molecule has 0 unspecified atom stereocenters.